The molecule has 1 fully saturated rings. The highest BCUT2D eigenvalue weighted by Crippen LogP contribution is 2.20. The van der Waals surface area contributed by atoms with Crippen LogP contribution >= 0.6 is 11.3 Å². The summed E-state index contributed by atoms with van der Waals surface area (Å²) in [6, 6.07) is 3.99. The Morgan fingerprint density at radius 3 is 3.12 bits per heavy atom. The van der Waals surface area contributed by atoms with Crippen LogP contribution in [0, 0.1) is 0 Å². The van der Waals surface area contributed by atoms with Crippen molar-refractivity contribution in [1.82, 2.24) is 15.1 Å². The number of thiophene rings is 1. The van der Waals surface area contributed by atoms with Gasteiger partial charge in [-0.25, -0.2) is 4.68 Å². The minimum absolute atomic E-state index is 0.0694. The third-order valence-corrected chi connectivity index (χ3v) is 3.90. The summed E-state index contributed by atoms with van der Waals surface area (Å²) in [5, 5.41) is 10.6. The summed E-state index contributed by atoms with van der Waals surface area (Å²) in [7, 11) is 0. The quantitative estimate of drug-likeness (QED) is 0.853. The Morgan fingerprint density at radius 1 is 1.47 bits per heavy atom. The van der Waals surface area contributed by atoms with Crippen LogP contribution in [-0.4, -0.2) is 22.9 Å². The van der Waals surface area contributed by atoms with Gasteiger partial charge in [-0.1, -0.05) is 0 Å². The smallest absolute Gasteiger partial charge is 0.267 e. The van der Waals surface area contributed by atoms with Crippen molar-refractivity contribution in [2.75, 3.05) is 13.1 Å². The Hall–Kier alpha value is -1.33. The van der Waals surface area contributed by atoms with Crippen LogP contribution in [0.1, 0.15) is 18.9 Å². The van der Waals surface area contributed by atoms with Gasteiger partial charge in [-0.3, -0.25) is 9.89 Å². The fourth-order valence-electron chi connectivity index (χ4n) is 2.30. The minimum Gasteiger partial charge on any atom is -0.315 e. The van der Waals surface area contributed by atoms with Crippen LogP contribution < -0.4 is 10.9 Å². The molecule has 1 saturated heterocycles. The number of nitrogens with zero attached hydrogens (tertiary/aromatic N) is 1. The molecule has 2 N–H and O–H groups in total. The van der Waals surface area contributed by atoms with Crippen molar-refractivity contribution in [2.45, 2.75) is 18.9 Å². The molecule has 0 bridgehead atoms. The molecule has 2 aromatic rings. The molecule has 1 aliphatic heterocycles. The highest BCUT2D eigenvalue weighted by atomic mass is 32.1. The molecule has 2 aromatic heterocycles. The molecule has 0 aliphatic carbocycles. The van der Waals surface area contributed by atoms with Crippen LogP contribution in [0.15, 0.2) is 27.7 Å². The van der Waals surface area contributed by atoms with Gasteiger partial charge in [0, 0.05) is 23.6 Å². The standard InChI is InChI=1S/C12H15N3OS/c16-12-6-11(9-3-5-17-8-9)14-15(12)10-2-1-4-13-7-10/h3,5-6,8,10,13-14H,1-2,4,7H2/t10-/m0/s1. The summed E-state index contributed by atoms with van der Waals surface area (Å²) in [5.41, 5.74) is 2.08. The Labute approximate surface area is 103 Å². The van der Waals surface area contributed by atoms with E-state index >= 15 is 0 Å². The predicted molar refractivity (Wildman–Crippen MR) is 69.5 cm³/mol. The van der Waals surface area contributed by atoms with Crippen LogP contribution in [0.2, 0.25) is 0 Å². The first-order valence-corrected chi connectivity index (χ1v) is 6.84. The Kier molecular flexibility index (Phi) is 2.86. The van der Waals surface area contributed by atoms with E-state index in [2.05, 4.69) is 15.8 Å². The van der Waals surface area contributed by atoms with Crippen molar-refractivity contribution in [2.24, 2.45) is 0 Å². The van der Waals surface area contributed by atoms with Crippen molar-refractivity contribution in [3.05, 3.63) is 33.2 Å². The molecule has 1 atom stereocenters. The Morgan fingerprint density at radius 2 is 2.41 bits per heavy atom. The molecule has 5 heteroatoms. The number of rotatable bonds is 2. The molecule has 0 aromatic carbocycles. The largest absolute Gasteiger partial charge is 0.315 e. The molecular weight excluding hydrogens is 234 g/mol. The second-order valence-electron chi connectivity index (χ2n) is 4.39. The average molecular weight is 249 g/mol. The predicted octanol–water partition coefficient (Wildman–Crippen LogP) is 1.83. The number of aromatic amines is 1. The first-order valence-electron chi connectivity index (χ1n) is 5.89. The number of hydrogen-bond acceptors (Lipinski definition) is 3. The molecule has 0 spiro atoms. The number of nitrogens with one attached hydrogen (secondary N) is 2. The van der Waals surface area contributed by atoms with Gasteiger partial charge in [0.2, 0.25) is 0 Å². The molecule has 17 heavy (non-hydrogen) atoms. The van der Waals surface area contributed by atoms with Gasteiger partial charge >= 0.3 is 0 Å². The molecule has 0 saturated carbocycles. The summed E-state index contributed by atoms with van der Waals surface area (Å²) < 4.78 is 1.76. The molecule has 3 rings (SSSR count). The lowest BCUT2D eigenvalue weighted by Crippen LogP contribution is -2.35. The fourth-order valence-corrected chi connectivity index (χ4v) is 2.96. The maximum atomic E-state index is 11.9. The number of hydrogen-bond donors (Lipinski definition) is 2. The topological polar surface area (TPSA) is 49.8 Å². The van der Waals surface area contributed by atoms with Crippen molar-refractivity contribution in [3.63, 3.8) is 0 Å². The molecule has 0 unspecified atom stereocenters. The molecule has 90 valence electrons. The van der Waals surface area contributed by atoms with Crippen LogP contribution in [0.5, 0.6) is 0 Å². The van der Waals surface area contributed by atoms with Gasteiger partial charge in [0.25, 0.3) is 5.56 Å². The Bertz CT molecular complexity index is 534. The summed E-state index contributed by atoms with van der Waals surface area (Å²) in [6.45, 7) is 1.94. The third kappa shape index (κ3) is 2.08. The monoisotopic (exact) mass is 249 g/mol. The second-order valence-corrected chi connectivity index (χ2v) is 5.17. The van der Waals surface area contributed by atoms with Crippen molar-refractivity contribution in [3.8, 4) is 11.3 Å². The van der Waals surface area contributed by atoms with Crippen LogP contribution in [-0.2, 0) is 0 Å². The molecule has 1 aliphatic rings. The SMILES string of the molecule is O=c1cc(-c2ccsc2)[nH]n1[C@H]1CCCNC1. The number of piperidine rings is 1. The first kappa shape index (κ1) is 10.8. The zero-order valence-corrected chi connectivity index (χ0v) is 10.3. The van der Waals surface area contributed by atoms with Gasteiger partial charge in [-0.2, -0.15) is 11.3 Å². The second kappa shape index (κ2) is 4.50. The lowest BCUT2D eigenvalue weighted by molar-refractivity contribution is 0.341. The lowest BCUT2D eigenvalue weighted by atomic mass is 10.1. The van der Waals surface area contributed by atoms with Gasteiger partial charge in [0.1, 0.15) is 0 Å². The summed E-state index contributed by atoms with van der Waals surface area (Å²) in [6.07, 6.45) is 2.19. The van der Waals surface area contributed by atoms with Crippen molar-refractivity contribution < 1.29 is 0 Å². The van der Waals surface area contributed by atoms with E-state index in [1.807, 2.05) is 11.4 Å². The van der Waals surface area contributed by atoms with E-state index in [0.29, 0.717) is 0 Å². The first-order chi connectivity index (χ1) is 8.34. The molecular formula is C12H15N3OS. The van der Waals surface area contributed by atoms with Gasteiger partial charge < -0.3 is 5.32 Å². The zero-order valence-electron chi connectivity index (χ0n) is 9.48. The fraction of sp³-hybridized carbons (Fsp3) is 0.417. The number of H-pyrrole nitrogens is 1. The third-order valence-electron chi connectivity index (χ3n) is 3.21. The van der Waals surface area contributed by atoms with Crippen molar-refractivity contribution >= 4 is 11.3 Å². The maximum absolute atomic E-state index is 11.9. The highest BCUT2D eigenvalue weighted by Gasteiger charge is 2.17. The van der Waals surface area contributed by atoms with E-state index in [9.17, 15) is 4.79 Å². The minimum atomic E-state index is 0.0694. The summed E-state index contributed by atoms with van der Waals surface area (Å²) in [4.78, 5) is 11.9. The molecule has 4 nitrogen and oxygen atoms in total. The normalized spacial score (nSPS) is 20.6. The van der Waals surface area contributed by atoms with Gasteiger partial charge in [0.05, 0.1) is 11.7 Å². The van der Waals surface area contributed by atoms with Crippen LogP contribution in [0.25, 0.3) is 11.3 Å². The van der Waals surface area contributed by atoms with Gasteiger partial charge in [-0.15, -0.1) is 0 Å². The Balaban J connectivity index is 1.93. The van der Waals surface area contributed by atoms with E-state index in [1.54, 1.807) is 22.1 Å². The summed E-state index contributed by atoms with van der Waals surface area (Å²) in [5.74, 6) is 0. The van der Waals surface area contributed by atoms with Gasteiger partial charge in [0.15, 0.2) is 0 Å². The van der Waals surface area contributed by atoms with E-state index in [-0.39, 0.29) is 11.6 Å². The lowest BCUT2D eigenvalue weighted by Gasteiger charge is -2.23. The summed E-state index contributed by atoms with van der Waals surface area (Å²) >= 11 is 1.64. The molecule has 0 radical (unpaired) electrons. The van der Waals surface area contributed by atoms with E-state index < -0.39 is 0 Å². The highest BCUT2D eigenvalue weighted by molar-refractivity contribution is 7.08. The molecule has 0 amide bonds. The maximum Gasteiger partial charge on any atom is 0.267 e. The number of aromatic nitrogens is 2. The van der Waals surface area contributed by atoms with Crippen LogP contribution in [0.4, 0.5) is 0 Å². The van der Waals surface area contributed by atoms with Gasteiger partial charge in [-0.05, 0) is 30.8 Å². The molecule has 3 heterocycles. The van der Waals surface area contributed by atoms with E-state index in [0.717, 1.165) is 37.2 Å². The van der Waals surface area contributed by atoms with Crippen molar-refractivity contribution in [1.29, 1.82) is 0 Å². The zero-order chi connectivity index (χ0) is 11.7. The van der Waals surface area contributed by atoms with Crippen LogP contribution in [0.3, 0.4) is 0 Å². The van der Waals surface area contributed by atoms with E-state index in [1.165, 1.54) is 0 Å². The van der Waals surface area contributed by atoms with E-state index in [4.69, 9.17) is 0 Å². The average Bonchev–Trinajstić information content (AvgIpc) is 2.99.